The van der Waals surface area contributed by atoms with Crippen LogP contribution in [0.1, 0.15) is 20.3 Å². The number of carbonyl (C=O) groups is 1. The monoisotopic (exact) mass is 334 g/mol. The number of ether oxygens (including phenoxy) is 4. The Kier molecular flexibility index (Phi) is 17.1. The van der Waals surface area contributed by atoms with Crippen LogP contribution in [-0.4, -0.2) is 78.9 Å². The Morgan fingerprint density at radius 1 is 0.783 bits per heavy atom. The van der Waals surface area contributed by atoms with E-state index in [1.165, 1.54) is 0 Å². The minimum atomic E-state index is 0.0337. The average molecular weight is 334 g/mol. The molecule has 0 spiro atoms. The fourth-order valence-corrected chi connectivity index (χ4v) is 1.53. The van der Waals surface area contributed by atoms with Crippen LogP contribution >= 0.6 is 0 Å². The molecule has 0 atom stereocenters. The molecule has 0 bridgehead atoms. The maximum absolute atomic E-state index is 11.3. The van der Waals surface area contributed by atoms with Crippen molar-refractivity contribution >= 4 is 5.91 Å². The summed E-state index contributed by atoms with van der Waals surface area (Å²) in [6, 6.07) is 0. The first-order chi connectivity index (χ1) is 11.2. The summed E-state index contributed by atoms with van der Waals surface area (Å²) < 4.78 is 21.5. The lowest BCUT2D eigenvalue weighted by Crippen LogP contribution is -2.29. The molecule has 0 aromatic rings. The van der Waals surface area contributed by atoms with E-state index >= 15 is 0 Å². The summed E-state index contributed by atoms with van der Waals surface area (Å²) in [6.07, 6.45) is 0.815. The lowest BCUT2D eigenvalue weighted by atomic mass is 10.2. The zero-order valence-corrected chi connectivity index (χ0v) is 14.9. The molecule has 0 aromatic carbocycles. The van der Waals surface area contributed by atoms with Gasteiger partial charge in [0.2, 0.25) is 5.91 Å². The standard InChI is InChI=1S/C16H34N2O5/c1-15(2)16(19)18-5-4-7-20-9-11-22-13-14-23-12-10-21-8-6-17-3/h15,17H,4-14H2,1-3H3,(H,18,19). The van der Waals surface area contributed by atoms with Crippen molar-refractivity contribution in [2.75, 3.05) is 73.0 Å². The Labute approximate surface area is 140 Å². The van der Waals surface area contributed by atoms with Crippen molar-refractivity contribution in [3.63, 3.8) is 0 Å². The smallest absolute Gasteiger partial charge is 0.222 e. The Balaban J connectivity index is 3.04. The van der Waals surface area contributed by atoms with Crippen LogP contribution in [0.4, 0.5) is 0 Å². The van der Waals surface area contributed by atoms with Crippen LogP contribution in [0.2, 0.25) is 0 Å². The molecule has 0 aromatic heterocycles. The van der Waals surface area contributed by atoms with E-state index in [4.69, 9.17) is 18.9 Å². The summed E-state index contributed by atoms with van der Waals surface area (Å²) in [4.78, 5) is 11.3. The topological polar surface area (TPSA) is 78.1 Å². The summed E-state index contributed by atoms with van der Waals surface area (Å²) >= 11 is 0. The first kappa shape index (κ1) is 22.3. The molecule has 23 heavy (non-hydrogen) atoms. The minimum absolute atomic E-state index is 0.0337. The Morgan fingerprint density at radius 3 is 1.74 bits per heavy atom. The summed E-state index contributed by atoms with van der Waals surface area (Å²) in [6.45, 7) is 10.0. The van der Waals surface area contributed by atoms with Gasteiger partial charge in [0.25, 0.3) is 0 Å². The van der Waals surface area contributed by atoms with Gasteiger partial charge in [-0.25, -0.2) is 0 Å². The molecular weight excluding hydrogens is 300 g/mol. The Morgan fingerprint density at radius 2 is 1.26 bits per heavy atom. The van der Waals surface area contributed by atoms with Gasteiger partial charge in [-0.3, -0.25) is 4.79 Å². The number of rotatable bonds is 17. The van der Waals surface area contributed by atoms with E-state index in [0.717, 1.165) is 13.0 Å². The molecule has 2 N–H and O–H groups in total. The van der Waals surface area contributed by atoms with E-state index in [2.05, 4.69) is 10.6 Å². The number of likely N-dealkylation sites (N-methyl/N-ethyl adjacent to an activating group) is 1. The van der Waals surface area contributed by atoms with Gasteiger partial charge in [0.1, 0.15) is 0 Å². The molecule has 7 heteroatoms. The zero-order valence-electron chi connectivity index (χ0n) is 14.9. The van der Waals surface area contributed by atoms with Gasteiger partial charge in [-0.05, 0) is 13.5 Å². The molecule has 0 saturated heterocycles. The van der Waals surface area contributed by atoms with Crippen molar-refractivity contribution in [3.8, 4) is 0 Å². The van der Waals surface area contributed by atoms with Crippen molar-refractivity contribution in [2.24, 2.45) is 5.92 Å². The highest BCUT2D eigenvalue weighted by Gasteiger charge is 2.04. The molecule has 0 aliphatic rings. The number of hydrogen-bond donors (Lipinski definition) is 2. The van der Waals surface area contributed by atoms with E-state index in [0.29, 0.717) is 59.4 Å². The molecule has 138 valence electrons. The Bertz CT molecular complexity index is 265. The van der Waals surface area contributed by atoms with E-state index in [1.807, 2.05) is 20.9 Å². The minimum Gasteiger partial charge on any atom is -0.379 e. The summed E-state index contributed by atoms with van der Waals surface area (Å²) in [5.74, 6) is 0.118. The number of hydrogen-bond acceptors (Lipinski definition) is 6. The second-order valence-corrected chi connectivity index (χ2v) is 5.35. The van der Waals surface area contributed by atoms with Crippen molar-refractivity contribution in [1.82, 2.24) is 10.6 Å². The molecule has 0 radical (unpaired) electrons. The van der Waals surface area contributed by atoms with Crippen molar-refractivity contribution in [3.05, 3.63) is 0 Å². The van der Waals surface area contributed by atoms with Crippen LogP contribution < -0.4 is 10.6 Å². The highest BCUT2D eigenvalue weighted by Crippen LogP contribution is 1.91. The van der Waals surface area contributed by atoms with Crippen molar-refractivity contribution < 1.29 is 23.7 Å². The van der Waals surface area contributed by atoms with Crippen LogP contribution in [0.25, 0.3) is 0 Å². The predicted octanol–water partition coefficient (Wildman–Crippen LogP) is 0.435. The molecule has 0 heterocycles. The predicted molar refractivity (Wildman–Crippen MR) is 89.7 cm³/mol. The van der Waals surface area contributed by atoms with Crippen molar-refractivity contribution in [2.45, 2.75) is 20.3 Å². The van der Waals surface area contributed by atoms with Gasteiger partial charge in [0.05, 0.1) is 46.2 Å². The van der Waals surface area contributed by atoms with Gasteiger partial charge < -0.3 is 29.6 Å². The van der Waals surface area contributed by atoms with Crippen LogP contribution in [0, 0.1) is 5.92 Å². The second-order valence-electron chi connectivity index (χ2n) is 5.35. The summed E-state index contributed by atoms with van der Waals surface area (Å²) in [7, 11) is 1.89. The second kappa shape index (κ2) is 17.6. The molecule has 1 amide bonds. The lowest BCUT2D eigenvalue weighted by molar-refractivity contribution is -0.124. The molecule has 0 unspecified atom stereocenters. The SMILES string of the molecule is CNCCOCCOCCOCCOCCCNC(=O)C(C)C. The number of nitrogens with one attached hydrogen (secondary N) is 2. The lowest BCUT2D eigenvalue weighted by Gasteiger charge is -2.08. The molecule has 0 aliphatic heterocycles. The van der Waals surface area contributed by atoms with Crippen LogP contribution in [0.15, 0.2) is 0 Å². The first-order valence-corrected chi connectivity index (χ1v) is 8.41. The molecule has 0 saturated carbocycles. The van der Waals surface area contributed by atoms with Gasteiger partial charge in [0.15, 0.2) is 0 Å². The van der Waals surface area contributed by atoms with Crippen molar-refractivity contribution in [1.29, 1.82) is 0 Å². The average Bonchev–Trinajstić information content (AvgIpc) is 2.54. The van der Waals surface area contributed by atoms with E-state index in [9.17, 15) is 4.79 Å². The largest absolute Gasteiger partial charge is 0.379 e. The van der Waals surface area contributed by atoms with Crippen LogP contribution in [-0.2, 0) is 23.7 Å². The van der Waals surface area contributed by atoms with Gasteiger partial charge in [-0.1, -0.05) is 13.8 Å². The van der Waals surface area contributed by atoms with E-state index in [1.54, 1.807) is 0 Å². The highest BCUT2D eigenvalue weighted by molar-refractivity contribution is 5.77. The van der Waals surface area contributed by atoms with Gasteiger partial charge in [-0.2, -0.15) is 0 Å². The number of carbonyl (C=O) groups excluding carboxylic acids is 1. The molecule has 7 nitrogen and oxygen atoms in total. The quantitative estimate of drug-likeness (QED) is 0.376. The normalized spacial score (nSPS) is 11.1. The summed E-state index contributed by atoms with van der Waals surface area (Å²) in [5, 5.41) is 5.86. The third-order valence-electron chi connectivity index (χ3n) is 2.90. The maximum Gasteiger partial charge on any atom is 0.222 e. The summed E-state index contributed by atoms with van der Waals surface area (Å²) in [5.41, 5.74) is 0. The van der Waals surface area contributed by atoms with Gasteiger partial charge >= 0.3 is 0 Å². The molecule has 0 fully saturated rings. The van der Waals surface area contributed by atoms with Crippen LogP contribution in [0.5, 0.6) is 0 Å². The maximum atomic E-state index is 11.3. The van der Waals surface area contributed by atoms with E-state index in [-0.39, 0.29) is 11.8 Å². The molecular formula is C16H34N2O5. The first-order valence-electron chi connectivity index (χ1n) is 8.41. The Hall–Kier alpha value is -0.730. The molecule has 0 aliphatic carbocycles. The fraction of sp³-hybridized carbons (Fsp3) is 0.938. The van der Waals surface area contributed by atoms with Gasteiger partial charge in [0, 0.05) is 25.6 Å². The van der Waals surface area contributed by atoms with Crippen LogP contribution in [0.3, 0.4) is 0 Å². The number of amides is 1. The van der Waals surface area contributed by atoms with E-state index < -0.39 is 0 Å². The highest BCUT2D eigenvalue weighted by atomic mass is 16.6. The van der Waals surface area contributed by atoms with Gasteiger partial charge in [-0.15, -0.1) is 0 Å². The molecule has 0 rings (SSSR count). The fourth-order valence-electron chi connectivity index (χ4n) is 1.53. The third kappa shape index (κ3) is 17.5. The zero-order chi connectivity index (χ0) is 17.2. The third-order valence-corrected chi connectivity index (χ3v) is 2.90.